The predicted octanol–water partition coefficient (Wildman–Crippen LogP) is 0.840. The number of pyridine rings is 1. The van der Waals surface area contributed by atoms with Crippen LogP contribution in [0.25, 0.3) is 21.1 Å². The maximum atomic E-state index is 12.1. The maximum absolute atomic E-state index is 12.1. The van der Waals surface area contributed by atoms with Gasteiger partial charge in [0.1, 0.15) is 5.56 Å². The average Bonchev–Trinajstić information content (AvgIpc) is 2.72. The van der Waals surface area contributed by atoms with Crippen LogP contribution in [-0.2, 0) is 0 Å². The van der Waals surface area contributed by atoms with Crippen molar-refractivity contribution >= 4 is 38.4 Å². The van der Waals surface area contributed by atoms with Crippen molar-refractivity contribution in [2.45, 2.75) is 0 Å². The number of benzene rings is 1. The minimum absolute atomic E-state index is 0.0169. The van der Waals surface area contributed by atoms with E-state index < -0.39 is 17.0 Å². The number of carboxylic acid groups (broad SMARTS) is 1. The van der Waals surface area contributed by atoms with Crippen molar-refractivity contribution in [2.75, 3.05) is 0 Å². The lowest BCUT2D eigenvalue weighted by Gasteiger charge is -2.05. The van der Waals surface area contributed by atoms with Crippen molar-refractivity contribution in [2.24, 2.45) is 0 Å². The van der Waals surface area contributed by atoms with E-state index in [2.05, 4.69) is 4.98 Å². The number of aromatic carboxylic acids is 1. The van der Waals surface area contributed by atoms with Gasteiger partial charge in [0.25, 0.3) is 0 Å². The van der Waals surface area contributed by atoms with E-state index in [1.54, 1.807) is 6.07 Å². The minimum Gasteiger partial charge on any atom is -0.477 e. The molecule has 0 aliphatic rings. The summed E-state index contributed by atoms with van der Waals surface area (Å²) in [5.74, 6) is -1.44. The summed E-state index contributed by atoms with van der Waals surface area (Å²) >= 11 is 0.796. The van der Waals surface area contributed by atoms with Crippen molar-refractivity contribution in [3.05, 3.63) is 43.8 Å². The van der Waals surface area contributed by atoms with Crippen molar-refractivity contribution in [3.8, 4) is 0 Å². The van der Waals surface area contributed by atoms with Crippen LogP contribution in [0.4, 0.5) is 0 Å². The summed E-state index contributed by atoms with van der Waals surface area (Å²) in [5, 5.41) is 18.7. The fraction of sp³-hybridized carbons (Fsp3) is 0. The summed E-state index contributed by atoms with van der Waals surface area (Å²) < 4.78 is 0.905. The molecule has 3 rings (SSSR count). The van der Waals surface area contributed by atoms with Gasteiger partial charge in [-0.15, -0.1) is 0 Å². The molecule has 3 N–H and O–H groups in total. The van der Waals surface area contributed by atoms with Crippen LogP contribution < -0.4 is 10.3 Å². The van der Waals surface area contributed by atoms with E-state index in [1.807, 2.05) is 0 Å². The number of fused-ring (bicyclic) bond motifs is 3. The second-order valence-electron chi connectivity index (χ2n) is 3.87. The van der Waals surface area contributed by atoms with Gasteiger partial charge in [-0.25, -0.2) is 4.79 Å². The molecule has 19 heavy (non-hydrogen) atoms. The number of nitrogens with one attached hydrogen (secondary N) is 1. The van der Waals surface area contributed by atoms with Gasteiger partial charge in [-0.05, 0) is 12.1 Å². The Morgan fingerprint density at radius 2 is 2.05 bits per heavy atom. The average molecular weight is 278 g/mol. The molecule has 96 valence electrons. The van der Waals surface area contributed by atoms with E-state index in [0.29, 0.717) is 14.9 Å². The Morgan fingerprint density at radius 3 is 2.74 bits per heavy atom. The Hall–Kier alpha value is -2.61. The first-order chi connectivity index (χ1) is 8.99. The van der Waals surface area contributed by atoms with Gasteiger partial charge in [-0.2, -0.15) is 4.73 Å². The van der Waals surface area contributed by atoms with E-state index in [9.17, 15) is 19.6 Å². The zero-order valence-electron chi connectivity index (χ0n) is 9.21. The van der Waals surface area contributed by atoms with Gasteiger partial charge in [-0.3, -0.25) is 9.59 Å². The normalized spacial score (nSPS) is 11.2. The standard InChI is InChI=1S/C11H6N2O5S/c14-8-4(10(15)16)3-13(18)6-2-1-5-9(7(6)8)19-11(17)12-5/h1-3,18H,(H,12,17)(H,15,16). The zero-order chi connectivity index (χ0) is 13.7. The van der Waals surface area contributed by atoms with Gasteiger partial charge in [0.15, 0.2) is 0 Å². The molecule has 0 fully saturated rings. The van der Waals surface area contributed by atoms with Gasteiger partial charge in [0.2, 0.25) is 5.43 Å². The molecule has 8 heteroatoms. The van der Waals surface area contributed by atoms with E-state index in [0.717, 1.165) is 17.5 Å². The Labute approximate surface area is 107 Å². The molecule has 0 unspecified atom stereocenters. The van der Waals surface area contributed by atoms with Gasteiger partial charge in [0, 0.05) is 0 Å². The SMILES string of the molecule is O=C(O)c1cn(O)c2ccc3[nH]c(=O)sc3c2c1=O. The topological polar surface area (TPSA) is 112 Å². The van der Waals surface area contributed by atoms with E-state index in [-0.39, 0.29) is 15.8 Å². The highest BCUT2D eigenvalue weighted by molar-refractivity contribution is 7.17. The third-order valence-electron chi connectivity index (χ3n) is 2.77. The molecule has 0 aliphatic carbocycles. The van der Waals surface area contributed by atoms with Crippen LogP contribution in [0.3, 0.4) is 0 Å². The van der Waals surface area contributed by atoms with Gasteiger partial charge in [-0.1, -0.05) is 11.3 Å². The number of H-pyrrole nitrogens is 1. The molecule has 0 aliphatic heterocycles. The predicted molar refractivity (Wildman–Crippen MR) is 68.4 cm³/mol. The van der Waals surface area contributed by atoms with Crippen molar-refractivity contribution in [1.29, 1.82) is 0 Å². The molecule has 0 saturated heterocycles. The quantitative estimate of drug-likeness (QED) is 0.571. The van der Waals surface area contributed by atoms with Crippen molar-refractivity contribution < 1.29 is 15.1 Å². The molecule has 0 amide bonds. The van der Waals surface area contributed by atoms with Gasteiger partial charge in [0.05, 0.1) is 27.3 Å². The first-order valence-electron chi connectivity index (χ1n) is 5.13. The summed E-state index contributed by atoms with van der Waals surface area (Å²) in [4.78, 5) is 36.6. The van der Waals surface area contributed by atoms with Gasteiger partial charge < -0.3 is 15.3 Å². The molecule has 2 aromatic heterocycles. The highest BCUT2D eigenvalue weighted by Crippen LogP contribution is 2.23. The van der Waals surface area contributed by atoms with Crippen LogP contribution in [0, 0.1) is 0 Å². The molecular formula is C11H6N2O5S. The number of hydrogen-bond donors (Lipinski definition) is 3. The number of carbonyl (C=O) groups is 1. The van der Waals surface area contributed by atoms with Crippen molar-refractivity contribution in [3.63, 3.8) is 0 Å². The number of aromatic nitrogens is 2. The second kappa shape index (κ2) is 3.69. The summed E-state index contributed by atoms with van der Waals surface area (Å²) in [5.41, 5.74) is -0.697. The Bertz CT molecular complexity index is 949. The molecular weight excluding hydrogens is 272 g/mol. The Balaban J connectivity index is 2.67. The molecule has 3 aromatic rings. The molecule has 0 bridgehead atoms. The molecule has 0 spiro atoms. The number of nitrogens with zero attached hydrogens (tertiary/aromatic N) is 1. The lowest BCUT2D eigenvalue weighted by atomic mass is 10.1. The Kier molecular flexibility index (Phi) is 2.23. The highest BCUT2D eigenvalue weighted by Gasteiger charge is 2.17. The van der Waals surface area contributed by atoms with E-state index in [1.165, 1.54) is 6.07 Å². The lowest BCUT2D eigenvalue weighted by Crippen LogP contribution is -2.18. The summed E-state index contributed by atoms with van der Waals surface area (Å²) in [7, 11) is 0. The van der Waals surface area contributed by atoms with Crippen LogP contribution in [-0.4, -0.2) is 26.0 Å². The third kappa shape index (κ3) is 1.54. The number of hydrogen-bond acceptors (Lipinski definition) is 5. The maximum Gasteiger partial charge on any atom is 0.341 e. The van der Waals surface area contributed by atoms with Crippen LogP contribution >= 0.6 is 11.3 Å². The van der Waals surface area contributed by atoms with E-state index in [4.69, 9.17) is 5.11 Å². The molecule has 0 atom stereocenters. The van der Waals surface area contributed by atoms with Crippen molar-refractivity contribution in [1.82, 2.24) is 9.71 Å². The van der Waals surface area contributed by atoms with Crippen LogP contribution in [0.1, 0.15) is 10.4 Å². The summed E-state index contributed by atoms with van der Waals surface area (Å²) in [6.45, 7) is 0. The van der Waals surface area contributed by atoms with Gasteiger partial charge >= 0.3 is 10.8 Å². The first-order valence-corrected chi connectivity index (χ1v) is 5.94. The lowest BCUT2D eigenvalue weighted by molar-refractivity contribution is 0.0691. The highest BCUT2D eigenvalue weighted by atomic mass is 32.1. The smallest absolute Gasteiger partial charge is 0.341 e. The molecule has 7 nitrogen and oxygen atoms in total. The molecule has 1 aromatic carbocycles. The van der Waals surface area contributed by atoms with E-state index >= 15 is 0 Å². The van der Waals surface area contributed by atoms with Crippen LogP contribution in [0.2, 0.25) is 0 Å². The largest absolute Gasteiger partial charge is 0.477 e. The summed E-state index contributed by atoms with van der Waals surface area (Å²) in [6, 6.07) is 2.98. The number of carboxylic acids is 1. The Morgan fingerprint density at radius 1 is 1.32 bits per heavy atom. The minimum atomic E-state index is -1.44. The number of aromatic amines is 1. The van der Waals surface area contributed by atoms with Crippen LogP contribution in [0.15, 0.2) is 27.9 Å². The fourth-order valence-corrected chi connectivity index (χ4v) is 2.83. The summed E-state index contributed by atoms with van der Waals surface area (Å²) in [6.07, 6.45) is 0.842. The third-order valence-corrected chi connectivity index (χ3v) is 3.68. The fourth-order valence-electron chi connectivity index (χ4n) is 1.95. The molecule has 2 heterocycles. The number of thiazole rings is 1. The molecule has 0 radical (unpaired) electrons. The number of rotatable bonds is 1. The monoisotopic (exact) mass is 278 g/mol. The van der Waals surface area contributed by atoms with Crippen LogP contribution in [0.5, 0.6) is 0 Å². The second-order valence-corrected chi connectivity index (χ2v) is 4.86. The molecule has 0 saturated carbocycles. The first kappa shape index (κ1) is 11.5. The zero-order valence-corrected chi connectivity index (χ0v) is 10.0.